The predicted molar refractivity (Wildman–Crippen MR) is 129 cm³/mol. The number of phenolic OH excluding ortho intramolecular Hbond substituents is 2. The van der Waals surface area contributed by atoms with E-state index in [1.54, 1.807) is 0 Å². The number of fused-ring (bicyclic) bond motifs is 1. The molecule has 1 unspecified atom stereocenters. The van der Waals surface area contributed by atoms with E-state index >= 15 is 0 Å². The number of esters is 1. The topological polar surface area (TPSA) is 66.8 Å². The van der Waals surface area contributed by atoms with E-state index in [9.17, 15) is 15.0 Å². The maximum Gasteiger partial charge on any atom is 0.311 e. The molecule has 1 fully saturated rings. The van der Waals surface area contributed by atoms with Crippen LogP contribution in [0.4, 0.5) is 0 Å². The van der Waals surface area contributed by atoms with Crippen LogP contribution >= 0.6 is 0 Å². The van der Waals surface area contributed by atoms with Gasteiger partial charge >= 0.3 is 5.97 Å². The van der Waals surface area contributed by atoms with Gasteiger partial charge in [0, 0.05) is 11.5 Å². The van der Waals surface area contributed by atoms with Crippen LogP contribution in [0.1, 0.15) is 98.1 Å². The fourth-order valence-corrected chi connectivity index (χ4v) is 5.58. The van der Waals surface area contributed by atoms with Crippen molar-refractivity contribution < 1.29 is 19.7 Å². The van der Waals surface area contributed by atoms with Crippen molar-refractivity contribution in [3.8, 4) is 11.5 Å². The predicted octanol–water partition coefficient (Wildman–Crippen LogP) is 6.84. The van der Waals surface area contributed by atoms with Gasteiger partial charge in [-0.15, -0.1) is 0 Å². The summed E-state index contributed by atoms with van der Waals surface area (Å²) < 4.78 is 5.65. The minimum Gasteiger partial charge on any atom is -0.507 e. The van der Waals surface area contributed by atoms with Gasteiger partial charge in [0.25, 0.3) is 0 Å². The highest BCUT2D eigenvalue weighted by molar-refractivity contribution is 5.75. The maximum atomic E-state index is 12.3. The lowest BCUT2D eigenvalue weighted by Crippen LogP contribution is -2.52. The highest BCUT2D eigenvalue weighted by Crippen LogP contribution is 2.65. The molecule has 1 aromatic carbocycles. The molecule has 0 radical (unpaired) electrons. The number of unbranched alkanes of at least 4 members (excludes halogenated alkanes) is 1. The molecule has 0 aliphatic heterocycles. The van der Waals surface area contributed by atoms with Crippen molar-refractivity contribution in [2.24, 2.45) is 22.7 Å². The number of carbonyl (C=O) groups excluding carboxylic acids is 1. The Bertz CT molecular complexity index is 877. The summed E-state index contributed by atoms with van der Waals surface area (Å²) in [6, 6.07) is 3.69. The summed E-state index contributed by atoms with van der Waals surface area (Å²) in [6.45, 7) is 16.8. The zero-order chi connectivity index (χ0) is 24.1. The molecule has 32 heavy (non-hydrogen) atoms. The second kappa shape index (κ2) is 8.43. The Morgan fingerprint density at radius 1 is 1.12 bits per heavy atom. The van der Waals surface area contributed by atoms with Crippen molar-refractivity contribution in [3.05, 3.63) is 34.9 Å². The lowest BCUT2D eigenvalue weighted by Gasteiger charge is -2.59. The van der Waals surface area contributed by atoms with Crippen molar-refractivity contribution in [1.29, 1.82) is 0 Å². The number of allylic oxidation sites excluding steroid dienone is 1. The quantitative estimate of drug-likeness (QED) is 0.358. The molecule has 4 nitrogen and oxygen atoms in total. The Kier molecular flexibility index (Phi) is 6.49. The molecule has 0 saturated heterocycles. The van der Waals surface area contributed by atoms with Gasteiger partial charge in [-0.2, -0.15) is 0 Å². The molecule has 0 spiro atoms. The fourth-order valence-electron chi connectivity index (χ4n) is 5.58. The molecule has 2 N–H and O–H groups in total. The van der Waals surface area contributed by atoms with Crippen LogP contribution in [0.3, 0.4) is 0 Å². The SMILES string of the molecule is CCCCC(C)(C)c1cc(O)c(C2C=C(COC(=O)C(C)(C)C)[C@@H]3C[C@H]2C3(C)C)c(O)c1. The summed E-state index contributed by atoms with van der Waals surface area (Å²) in [5, 5.41) is 22.1. The molecule has 1 saturated carbocycles. The van der Waals surface area contributed by atoms with E-state index in [0.29, 0.717) is 17.4 Å². The molecular formula is C28H42O4. The van der Waals surface area contributed by atoms with E-state index in [1.165, 1.54) is 0 Å². The van der Waals surface area contributed by atoms with E-state index in [1.807, 2.05) is 32.9 Å². The van der Waals surface area contributed by atoms with Crippen molar-refractivity contribution in [3.63, 3.8) is 0 Å². The number of phenols is 2. The van der Waals surface area contributed by atoms with E-state index in [2.05, 4.69) is 40.7 Å². The average molecular weight is 443 g/mol. The van der Waals surface area contributed by atoms with Crippen LogP contribution in [0.15, 0.2) is 23.8 Å². The fraction of sp³-hybridized carbons (Fsp3) is 0.679. The molecule has 2 bridgehead atoms. The summed E-state index contributed by atoms with van der Waals surface area (Å²) in [4.78, 5) is 12.3. The van der Waals surface area contributed by atoms with Crippen molar-refractivity contribution >= 4 is 5.97 Å². The third kappa shape index (κ3) is 4.43. The number of aromatic hydroxyl groups is 2. The molecule has 0 heterocycles. The summed E-state index contributed by atoms with van der Waals surface area (Å²) in [5.74, 6) is 0.735. The molecule has 4 rings (SSSR count). The van der Waals surface area contributed by atoms with Gasteiger partial charge in [-0.3, -0.25) is 4.79 Å². The zero-order valence-electron chi connectivity index (χ0n) is 21.2. The van der Waals surface area contributed by atoms with Crippen LogP contribution in [0.25, 0.3) is 0 Å². The van der Waals surface area contributed by atoms with E-state index < -0.39 is 5.41 Å². The molecule has 3 aliphatic carbocycles. The van der Waals surface area contributed by atoms with Crippen LogP contribution in [-0.2, 0) is 14.9 Å². The largest absolute Gasteiger partial charge is 0.507 e. The molecule has 3 atom stereocenters. The summed E-state index contributed by atoms with van der Waals surface area (Å²) in [6.07, 6.45) is 6.35. The zero-order valence-corrected chi connectivity index (χ0v) is 21.2. The Balaban J connectivity index is 1.93. The van der Waals surface area contributed by atoms with Crippen LogP contribution in [-0.4, -0.2) is 22.8 Å². The Hall–Kier alpha value is -1.97. The lowest BCUT2D eigenvalue weighted by atomic mass is 9.45. The summed E-state index contributed by atoms with van der Waals surface area (Å²) >= 11 is 0. The Morgan fingerprint density at radius 2 is 1.72 bits per heavy atom. The van der Waals surface area contributed by atoms with Crippen LogP contribution in [0.5, 0.6) is 11.5 Å². The van der Waals surface area contributed by atoms with E-state index in [0.717, 1.165) is 36.8 Å². The number of rotatable bonds is 7. The molecule has 0 aromatic heterocycles. The van der Waals surface area contributed by atoms with Gasteiger partial charge in [0.05, 0.1) is 5.41 Å². The smallest absolute Gasteiger partial charge is 0.311 e. The van der Waals surface area contributed by atoms with Crippen LogP contribution < -0.4 is 0 Å². The van der Waals surface area contributed by atoms with Gasteiger partial charge in [-0.25, -0.2) is 0 Å². The van der Waals surface area contributed by atoms with Crippen molar-refractivity contribution in [1.82, 2.24) is 0 Å². The lowest BCUT2D eigenvalue weighted by molar-refractivity contribution is -0.152. The van der Waals surface area contributed by atoms with E-state index in [4.69, 9.17) is 4.74 Å². The number of ether oxygens (including phenoxy) is 1. The molecule has 4 heteroatoms. The Labute approximate surface area is 194 Å². The molecular weight excluding hydrogens is 400 g/mol. The third-order valence-electron chi connectivity index (χ3n) is 8.01. The molecule has 0 amide bonds. The maximum absolute atomic E-state index is 12.3. The second-order valence-electron chi connectivity index (χ2n) is 12.2. The minimum absolute atomic E-state index is 0.0286. The second-order valence-corrected chi connectivity index (χ2v) is 12.2. The van der Waals surface area contributed by atoms with Crippen molar-refractivity contribution in [2.45, 2.75) is 92.4 Å². The summed E-state index contributed by atoms with van der Waals surface area (Å²) in [5.41, 5.74) is 2.06. The van der Waals surface area contributed by atoms with Crippen LogP contribution in [0.2, 0.25) is 0 Å². The number of hydrogen-bond donors (Lipinski definition) is 2. The molecule has 1 aromatic rings. The van der Waals surface area contributed by atoms with Gasteiger partial charge in [0.2, 0.25) is 0 Å². The number of benzene rings is 1. The minimum atomic E-state index is -0.538. The standard InChI is InChI=1S/C28H42O4/c1-9-10-11-27(5,6)18-13-22(29)24(23(30)14-18)19-12-17(16-32-25(31)26(2,3)4)20-15-21(19)28(20,7)8/h12-14,19-21,29-30H,9-11,15-16H2,1-8H3/t19?,20-,21+/m0/s1. The van der Waals surface area contributed by atoms with Gasteiger partial charge in [-0.05, 0) is 79.5 Å². The van der Waals surface area contributed by atoms with E-state index in [-0.39, 0.29) is 40.8 Å². The first kappa shape index (κ1) is 24.7. The Morgan fingerprint density at radius 3 is 2.22 bits per heavy atom. The third-order valence-corrected chi connectivity index (χ3v) is 8.01. The monoisotopic (exact) mass is 442 g/mol. The van der Waals surface area contributed by atoms with Crippen molar-refractivity contribution in [2.75, 3.05) is 6.61 Å². The first-order valence-electron chi connectivity index (χ1n) is 12.1. The normalized spacial score (nSPS) is 24.5. The van der Waals surface area contributed by atoms with Gasteiger partial charge in [-0.1, -0.05) is 53.5 Å². The number of carbonyl (C=O) groups is 1. The first-order chi connectivity index (χ1) is 14.7. The number of hydrogen-bond acceptors (Lipinski definition) is 4. The molecule has 3 aliphatic rings. The van der Waals surface area contributed by atoms with Crippen LogP contribution in [0, 0.1) is 22.7 Å². The highest BCUT2D eigenvalue weighted by Gasteiger charge is 2.56. The van der Waals surface area contributed by atoms with Gasteiger partial charge in [0.1, 0.15) is 18.1 Å². The highest BCUT2D eigenvalue weighted by atomic mass is 16.5. The van der Waals surface area contributed by atoms with Gasteiger partial charge < -0.3 is 14.9 Å². The molecule has 178 valence electrons. The first-order valence-corrected chi connectivity index (χ1v) is 12.1. The summed E-state index contributed by atoms with van der Waals surface area (Å²) in [7, 11) is 0. The average Bonchev–Trinajstić information content (AvgIpc) is 2.68. The van der Waals surface area contributed by atoms with Gasteiger partial charge in [0.15, 0.2) is 0 Å².